The lowest BCUT2D eigenvalue weighted by molar-refractivity contribution is 0.579. The Labute approximate surface area is 195 Å². The lowest BCUT2D eigenvalue weighted by Gasteiger charge is -2.11. The molecule has 0 spiro atoms. The molecule has 0 saturated heterocycles. The Hall–Kier alpha value is -3.29. The Morgan fingerprint density at radius 3 is 2.42 bits per heavy atom. The van der Waals surface area contributed by atoms with Crippen molar-refractivity contribution in [2.45, 2.75) is 38.6 Å². The molecular formula is C26H28N4O2S. The highest BCUT2D eigenvalue weighted by atomic mass is 32.2. The molecule has 0 aliphatic carbocycles. The van der Waals surface area contributed by atoms with Crippen LogP contribution in [0.15, 0.2) is 78.2 Å². The lowest BCUT2D eigenvalue weighted by atomic mass is 10.0. The fraction of sp³-hybridized carbons (Fsp3) is 0.231. The molecule has 6 nitrogen and oxygen atoms in total. The molecule has 1 N–H and O–H groups in total. The second kappa shape index (κ2) is 9.68. The minimum atomic E-state index is -3.66. The minimum Gasteiger partial charge on any atom is -0.330 e. The van der Waals surface area contributed by atoms with Crippen molar-refractivity contribution in [3.8, 4) is 11.3 Å². The molecule has 4 rings (SSSR count). The number of sulfonamides is 1. The summed E-state index contributed by atoms with van der Waals surface area (Å²) in [5.74, 6) is 0. The van der Waals surface area contributed by atoms with E-state index in [1.165, 1.54) is 17.3 Å². The number of aryl methyl sites for hydroxylation is 3. The average Bonchev–Trinajstić information content (AvgIpc) is 3.20. The van der Waals surface area contributed by atoms with E-state index in [-0.39, 0.29) is 11.4 Å². The summed E-state index contributed by atoms with van der Waals surface area (Å²) in [6, 6.07) is 18.0. The fourth-order valence-corrected chi connectivity index (χ4v) is 4.95. The summed E-state index contributed by atoms with van der Waals surface area (Å²) in [5, 5.41) is 0. The van der Waals surface area contributed by atoms with E-state index in [0.717, 1.165) is 28.1 Å². The first kappa shape index (κ1) is 22.9. The molecule has 0 radical (unpaired) electrons. The molecule has 0 aliphatic heterocycles. The van der Waals surface area contributed by atoms with E-state index in [0.29, 0.717) is 13.0 Å². The molecule has 0 aliphatic rings. The molecule has 4 aromatic rings. The van der Waals surface area contributed by atoms with Crippen molar-refractivity contribution in [1.82, 2.24) is 19.3 Å². The Bertz CT molecular complexity index is 1380. The number of nitrogens with one attached hydrogen (secondary N) is 1. The standard InChI is InChI=1S/C26H28N4O2S/c1-19-6-4-8-22(12-19)17-30-18-27-15-24(30)10-11-29-33(31,32)25-14-21(3)26(28-16-25)23-9-5-7-20(2)13-23/h4-9,12-16,18,29H,10-11,17H2,1-3H3. The van der Waals surface area contributed by atoms with Gasteiger partial charge in [-0.15, -0.1) is 0 Å². The van der Waals surface area contributed by atoms with Crippen LogP contribution >= 0.6 is 0 Å². The third-order valence-corrected chi connectivity index (χ3v) is 6.99. The number of imidazole rings is 1. The summed E-state index contributed by atoms with van der Waals surface area (Å²) in [4.78, 5) is 8.87. The van der Waals surface area contributed by atoms with Crippen LogP contribution in [0.3, 0.4) is 0 Å². The predicted molar refractivity (Wildman–Crippen MR) is 131 cm³/mol. The van der Waals surface area contributed by atoms with Crippen molar-refractivity contribution in [2.75, 3.05) is 6.54 Å². The van der Waals surface area contributed by atoms with Gasteiger partial charge in [0.05, 0.1) is 12.0 Å². The van der Waals surface area contributed by atoms with Crippen LogP contribution in [0.4, 0.5) is 0 Å². The molecule has 0 bridgehead atoms. The van der Waals surface area contributed by atoms with Gasteiger partial charge in [-0.05, 0) is 44.0 Å². The Balaban J connectivity index is 1.42. The van der Waals surface area contributed by atoms with Gasteiger partial charge in [0, 0.05) is 43.2 Å². The normalized spacial score (nSPS) is 11.6. The van der Waals surface area contributed by atoms with Crippen LogP contribution in [0, 0.1) is 20.8 Å². The van der Waals surface area contributed by atoms with Crippen LogP contribution in [-0.4, -0.2) is 29.5 Å². The molecule has 0 saturated carbocycles. The van der Waals surface area contributed by atoms with Crippen molar-refractivity contribution in [1.29, 1.82) is 0 Å². The summed E-state index contributed by atoms with van der Waals surface area (Å²) in [6.45, 7) is 6.95. The monoisotopic (exact) mass is 460 g/mol. The third kappa shape index (κ3) is 5.56. The highest BCUT2D eigenvalue weighted by Gasteiger charge is 2.17. The summed E-state index contributed by atoms with van der Waals surface area (Å²) >= 11 is 0. The van der Waals surface area contributed by atoms with E-state index in [1.807, 2.05) is 48.7 Å². The van der Waals surface area contributed by atoms with Crippen molar-refractivity contribution in [2.24, 2.45) is 0 Å². The topological polar surface area (TPSA) is 76.9 Å². The van der Waals surface area contributed by atoms with E-state index in [4.69, 9.17) is 0 Å². The van der Waals surface area contributed by atoms with E-state index in [9.17, 15) is 8.42 Å². The zero-order valence-corrected chi connectivity index (χ0v) is 19.9. The highest BCUT2D eigenvalue weighted by molar-refractivity contribution is 7.89. The Morgan fingerprint density at radius 1 is 0.939 bits per heavy atom. The van der Waals surface area contributed by atoms with Crippen LogP contribution in [0.5, 0.6) is 0 Å². The van der Waals surface area contributed by atoms with Gasteiger partial charge in [-0.25, -0.2) is 18.1 Å². The van der Waals surface area contributed by atoms with Gasteiger partial charge in [0.25, 0.3) is 0 Å². The zero-order chi connectivity index (χ0) is 23.4. The maximum atomic E-state index is 12.9. The van der Waals surface area contributed by atoms with E-state index in [1.54, 1.807) is 18.6 Å². The van der Waals surface area contributed by atoms with Gasteiger partial charge in [0.15, 0.2) is 0 Å². The second-order valence-electron chi connectivity index (χ2n) is 8.36. The Morgan fingerprint density at radius 2 is 1.70 bits per heavy atom. The average molecular weight is 461 g/mol. The molecule has 33 heavy (non-hydrogen) atoms. The van der Waals surface area contributed by atoms with E-state index >= 15 is 0 Å². The number of nitrogens with zero attached hydrogens (tertiary/aromatic N) is 3. The van der Waals surface area contributed by atoms with Crippen LogP contribution in [-0.2, 0) is 23.0 Å². The molecule has 7 heteroatoms. The molecule has 0 unspecified atom stereocenters. The van der Waals surface area contributed by atoms with Crippen molar-refractivity contribution in [3.05, 3.63) is 101 Å². The number of pyridine rings is 1. The lowest BCUT2D eigenvalue weighted by Crippen LogP contribution is -2.26. The first-order valence-corrected chi connectivity index (χ1v) is 12.4. The van der Waals surface area contributed by atoms with E-state index in [2.05, 4.69) is 39.8 Å². The van der Waals surface area contributed by atoms with Gasteiger partial charge >= 0.3 is 0 Å². The van der Waals surface area contributed by atoms with Crippen LogP contribution in [0.2, 0.25) is 0 Å². The van der Waals surface area contributed by atoms with Gasteiger partial charge in [0.2, 0.25) is 10.0 Å². The molecule has 2 aromatic heterocycles. The van der Waals surface area contributed by atoms with Gasteiger partial charge < -0.3 is 4.57 Å². The third-order valence-electron chi connectivity index (χ3n) is 5.56. The van der Waals surface area contributed by atoms with Gasteiger partial charge in [-0.1, -0.05) is 53.6 Å². The summed E-state index contributed by atoms with van der Waals surface area (Å²) < 4.78 is 30.5. The van der Waals surface area contributed by atoms with Gasteiger partial charge in [0.1, 0.15) is 4.90 Å². The van der Waals surface area contributed by atoms with Crippen LogP contribution in [0.25, 0.3) is 11.3 Å². The number of hydrogen-bond acceptors (Lipinski definition) is 4. The molecule has 0 atom stereocenters. The van der Waals surface area contributed by atoms with Gasteiger partial charge in [-0.3, -0.25) is 4.98 Å². The number of aromatic nitrogens is 3. The SMILES string of the molecule is Cc1cccc(Cn2cncc2CCNS(=O)(=O)c2cnc(-c3cccc(C)c3)c(C)c2)c1. The first-order chi connectivity index (χ1) is 15.8. The van der Waals surface area contributed by atoms with Crippen LogP contribution in [0.1, 0.15) is 27.9 Å². The largest absolute Gasteiger partial charge is 0.330 e. The first-order valence-electron chi connectivity index (χ1n) is 10.9. The molecule has 170 valence electrons. The quantitative estimate of drug-likeness (QED) is 0.422. The second-order valence-corrected chi connectivity index (χ2v) is 10.1. The molecule has 0 fully saturated rings. The maximum Gasteiger partial charge on any atom is 0.242 e. The predicted octanol–water partition coefficient (Wildman–Crippen LogP) is 4.44. The molecule has 2 heterocycles. The summed E-state index contributed by atoms with van der Waals surface area (Å²) in [6.07, 6.45) is 5.53. The smallest absolute Gasteiger partial charge is 0.242 e. The summed E-state index contributed by atoms with van der Waals surface area (Å²) in [7, 11) is -3.66. The molecule has 0 amide bonds. The zero-order valence-electron chi connectivity index (χ0n) is 19.1. The summed E-state index contributed by atoms with van der Waals surface area (Å²) in [5.41, 5.74) is 7.09. The van der Waals surface area contributed by atoms with Crippen LogP contribution < -0.4 is 4.72 Å². The van der Waals surface area contributed by atoms with Crippen molar-refractivity contribution < 1.29 is 8.42 Å². The number of rotatable bonds is 8. The molecule has 2 aromatic carbocycles. The highest BCUT2D eigenvalue weighted by Crippen LogP contribution is 2.24. The van der Waals surface area contributed by atoms with Crippen molar-refractivity contribution >= 4 is 10.0 Å². The number of hydrogen-bond donors (Lipinski definition) is 1. The van der Waals surface area contributed by atoms with Gasteiger partial charge in [-0.2, -0.15) is 0 Å². The number of benzene rings is 2. The minimum absolute atomic E-state index is 0.171. The molecular weight excluding hydrogens is 432 g/mol. The Kier molecular flexibility index (Phi) is 6.72. The van der Waals surface area contributed by atoms with E-state index < -0.39 is 10.0 Å². The van der Waals surface area contributed by atoms with Crippen molar-refractivity contribution in [3.63, 3.8) is 0 Å². The maximum absolute atomic E-state index is 12.9. The fourth-order valence-electron chi connectivity index (χ4n) is 3.89.